The van der Waals surface area contributed by atoms with E-state index in [1.165, 1.54) is 0 Å². The first kappa shape index (κ1) is 24.4. The van der Waals surface area contributed by atoms with Gasteiger partial charge in [0.2, 0.25) is 0 Å². The summed E-state index contributed by atoms with van der Waals surface area (Å²) in [6, 6.07) is 42.8. The summed E-state index contributed by atoms with van der Waals surface area (Å²) in [5, 5.41) is 4.49. The molecule has 0 amide bonds. The highest BCUT2D eigenvalue weighted by Crippen LogP contribution is 2.32. The summed E-state index contributed by atoms with van der Waals surface area (Å²) >= 11 is 0. The molecule has 0 spiro atoms. The molecule has 7 heteroatoms. The Morgan fingerprint density at radius 2 is 0.750 bits per heavy atom. The van der Waals surface area contributed by atoms with Crippen molar-refractivity contribution < 1.29 is 0 Å². The van der Waals surface area contributed by atoms with Crippen LogP contribution in [0.3, 0.4) is 0 Å². The zero-order chi connectivity index (χ0) is 29.0. The van der Waals surface area contributed by atoms with Crippen molar-refractivity contribution in [3.8, 4) is 34.4 Å². The van der Waals surface area contributed by atoms with Crippen LogP contribution in [0.25, 0.3) is 78.3 Å². The molecule has 0 saturated carbocycles. The molecule has 0 aliphatic rings. The quantitative estimate of drug-likeness (QED) is 0.215. The number of aromatic nitrogens is 7. The summed E-state index contributed by atoms with van der Waals surface area (Å²) in [5.41, 5.74) is 6.96. The molecule has 7 aromatic heterocycles. The number of pyridine rings is 5. The van der Waals surface area contributed by atoms with Crippen LogP contribution in [-0.2, 0) is 0 Å². The lowest BCUT2D eigenvalue weighted by Crippen LogP contribution is -2.01. The number of para-hydroxylation sites is 2. The molecule has 0 N–H and O–H groups in total. The topological polar surface area (TPSA) is 74.3 Å². The van der Waals surface area contributed by atoms with Gasteiger partial charge in [0.15, 0.2) is 0 Å². The van der Waals surface area contributed by atoms with E-state index in [4.69, 9.17) is 24.9 Å². The molecule has 0 aliphatic heterocycles. The molecular formula is C37H23N7. The maximum atomic E-state index is 5.07. The zero-order valence-corrected chi connectivity index (χ0v) is 23.4. The number of rotatable bonds is 4. The predicted molar refractivity (Wildman–Crippen MR) is 175 cm³/mol. The molecule has 0 atom stereocenters. The lowest BCUT2D eigenvalue weighted by molar-refractivity contribution is 1.05. The SMILES string of the molecule is c1cc(-c2cccc(-n3c4ccccc4c4cccnc43)n2)nc(-c2cccc(-n3c4ccccc4c4cccnc43)n2)c1. The van der Waals surface area contributed by atoms with Gasteiger partial charge in [0.25, 0.3) is 0 Å². The second-order valence-corrected chi connectivity index (χ2v) is 10.6. The van der Waals surface area contributed by atoms with Gasteiger partial charge in [-0.3, -0.25) is 9.13 Å². The van der Waals surface area contributed by atoms with Crippen LogP contribution in [0.15, 0.2) is 140 Å². The standard InChI is InChI=1S/C37H23N7/c1-3-18-32-24(10-1)26-12-8-22-38-36(26)43(32)34-20-6-16-30(41-34)28-14-5-15-29(40-28)31-17-7-21-35(42-31)44-33-19-4-2-11-25(33)27-13-9-23-39-37(27)44/h1-23H. The van der Waals surface area contributed by atoms with Crippen LogP contribution < -0.4 is 0 Å². The Hall–Kier alpha value is -6.21. The molecule has 0 fully saturated rings. The number of hydrogen-bond donors (Lipinski definition) is 0. The first-order chi connectivity index (χ1) is 21.8. The third-order valence-corrected chi connectivity index (χ3v) is 8.07. The van der Waals surface area contributed by atoms with E-state index in [2.05, 4.69) is 57.7 Å². The van der Waals surface area contributed by atoms with Gasteiger partial charge in [0, 0.05) is 33.9 Å². The van der Waals surface area contributed by atoms with Crippen molar-refractivity contribution in [3.05, 3.63) is 140 Å². The lowest BCUT2D eigenvalue weighted by Gasteiger charge is -2.10. The average Bonchev–Trinajstić information content (AvgIpc) is 3.62. The van der Waals surface area contributed by atoms with Crippen LogP contribution in [0.4, 0.5) is 0 Å². The first-order valence-electron chi connectivity index (χ1n) is 14.4. The van der Waals surface area contributed by atoms with Gasteiger partial charge in [-0.1, -0.05) is 54.6 Å². The summed E-state index contributed by atoms with van der Waals surface area (Å²) in [5.74, 6) is 1.58. The highest BCUT2D eigenvalue weighted by molar-refractivity contribution is 6.08. The van der Waals surface area contributed by atoms with Crippen LogP contribution in [-0.4, -0.2) is 34.1 Å². The number of nitrogens with zero attached hydrogens (tertiary/aromatic N) is 7. The second-order valence-electron chi connectivity index (χ2n) is 10.6. The van der Waals surface area contributed by atoms with E-state index in [9.17, 15) is 0 Å². The van der Waals surface area contributed by atoms with Crippen LogP contribution >= 0.6 is 0 Å². The Morgan fingerprint density at radius 1 is 0.341 bits per heavy atom. The van der Waals surface area contributed by atoms with E-state index in [-0.39, 0.29) is 0 Å². The van der Waals surface area contributed by atoms with E-state index in [1.807, 2.05) is 91.3 Å². The second kappa shape index (κ2) is 9.68. The fourth-order valence-electron chi connectivity index (χ4n) is 6.16. The molecule has 0 bridgehead atoms. The van der Waals surface area contributed by atoms with Crippen molar-refractivity contribution in [2.45, 2.75) is 0 Å². The molecule has 0 unspecified atom stereocenters. The Kier molecular flexibility index (Phi) is 5.36. The van der Waals surface area contributed by atoms with E-state index in [0.29, 0.717) is 0 Å². The summed E-state index contributed by atoms with van der Waals surface area (Å²) in [6.07, 6.45) is 3.65. The minimum absolute atomic E-state index is 0.767. The van der Waals surface area contributed by atoms with Crippen LogP contribution in [0.5, 0.6) is 0 Å². The fourth-order valence-corrected chi connectivity index (χ4v) is 6.16. The maximum Gasteiger partial charge on any atom is 0.146 e. The van der Waals surface area contributed by atoms with Gasteiger partial charge in [-0.05, 0) is 72.8 Å². The van der Waals surface area contributed by atoms with Gasteiger partial charge in [0.05, 0.1) is 33.8 Å². The zero-order valence-electron chi connectivity index (χ0n) is 23.4. The normalized spacial score (nSPS) is 11.6. The van der Waals surface area contributed by atoms with Crippen molar-refractivity contribution in [2.75, 3.05) is 0 Å². The number of fused-ring (bicyclic) bond motifs is 6. The Balaban J connectivity index is 1.15. The van der Waals surface area contributed by atoms with Crippen molar-refractivity contribution in [1.82, 2.24) is 34.1 Å². The molecule has 2 aromatic carbocycles. The summed E-state index contributed by atoms with van der Waals surface area (Å²) in [4.78, 5) is 24.6. The average molecular weight is 566 g/mol. The van der Waals surface area contributed by atoms with Crippen molar-refractivity contribution >= 4 is 43.9 Å². The minimum Gasteiger partial charge on any atom is -0.278 e. The summed E-state index contributed by atoms with van der Waals surface area (Å²) in [6.45, 7) is 0. The van der Waals surface area contributed by atoms with E-state index >= 15 is 0 Å². The third kappa shape index (κ3) is 3.73. The van der Waals surface area contributed by atoms with E-state index in [0.717, 1.165) is 78.3 Å². The maximum absolute atomic E-state index is 5.07. The molecule has 206 valence electrons. The van der Waals surface area contributed by atoms with Crippen LogP contribution in [0.1, 0.15) is 0 Å². The van der Waals surface area contributed by atoms with Crippen molar-refractivity contribution in [1.29, 1.82) is 0 Å². The summed E-state index contributed by atoms with van der Waals surface area (Å²) in [7, 11) is 0. The largest absolute Gasteiger partial charge is 0.278 e. The van der Waals surface area contributed by atoms with Crippen LogP contribution in [0, 0.1) is 0 Å². The van der Waals surface area contributed by atoms with Gasteiger partial charge < -0.3 is 0 Å². The van der Waals surface area contributed by atoms with Gasteiger partial charge in [0.1, 0.15) is 22.9 Å². The van der Waals surface area contributed by atoms with Gasteiger partial charge in [-0.25, -0.2) is 24.9 Å². The first-order valence-corrected chi connectivity index (χ1v) is 14.4. The molecule has 7 heterocycles. The highest BCUT2D eigenvalue weighted by Gasteiger charge is 2.16. The molecule has 44 heavy (non-hydrogen) atoms. The molecular weight excluding hydrogens is 542 g/mol. The molecule has 0 saturated heterocycles. The Labute approximate surface area is 251 Å². The van der Waals surface area contributed by atoms with E-state index < -0.39 is 0 Å². The number of hydrogen-bond acceptors (Lipinski definition) is 5. The van der Waals surface area contributed by atoms with Crippen molar-refractivity contribution in [3.63, 3.8) is 0 Å². The van der Waals surface area contributed by atoms with Gasteiger partial charge in [-0.15, -0.1) is 0 Å². The molecule has 9 aromatic rings. The molecule has 7 nitrogen and oxygen atoms in total. The minimum atomic E-state index is 0.767. The summed E-state index contributed by atoms with van der Waals surface area (Å²) < 4.78 is 4.23. The smallest absolute Gasteiger partial charge is 0.146 e. The van der Waals surface area contributed by atoms with E-state index in [1.54, 1.807) is 0 Å². The third-order valence-electron chi connectivity index (χ3n) is 8.07. The Bertz CT molecular complexity index is 2250. The molecule has 0 aliphatic carbocycles. The lowest BCUT2D eigenvalue weighted by atomic mass is 10.2. The molecule has 9 rings (SSSR count). The monoisotopic (exact) mass is 565 g/mol. The fraction of sp³-hybridized carbons (Fsp3) is 0. The predicted octanol–water partition coefficient (Wildman–Crippen LogP) is 8.19. The Morgan fingerprint density at radius 3 is 1.25 bits per heavy atom. The van der Waals surface area contributed by atoms with Crippen LogP contribution in [0.2, 0.25) is 0 Å². The van der Waals surface area contributed by atoms with Gasteiger partial charge in [-0.2, -0.15) is 0 Å². The number of benzene rings is 2. The molecule has 0 radical (unpaired) electrons. The van der Waals surface area contributed by atoms with Crippen molar-refractivity contribution in [2.24, 2.45) is 0 Å². The van der Waals surface area contributed by atoms with Gasteiger partial charge >= 0.3 is 0 Å². The highest BCUT2D eigenvalue weighted by atomic mass is 15.1.